The molecular formula is C13H19N3O3. The van der Waals surface area contributed by atoms with E-state index in [1.54, 1.807) is 10.9 Å². The number of hydrogen-bond donors (Lipinski definition) is 1. The maximum absolute atomic E-state index is 12.1. The van der Waals surface area contributed by atoms with Crippen molar-refractivity contribution in [1.29, 1.82) is 0 Å². The van der Waals surface area contributed by atoms with Gasteiger partial charge in [0.1, 0.15) is 0 Å². The van der Waals surface area contributed by atoms with Gasteiger partial charge in [-0.05, 0) is 25.7 Å². The summed E-state index contributed by atoms with van der Waals surface area (Å²) in [4.78, 5) is 17.5. The molecule has 2 atom stereocenters. The van der Waals surface area contributed by atoms with Crippen LogP contribution in [0.5, 0.6) is 0 Å². The molecule has 0 spiro atoms. The van der Waals surface area contributed by atoms with Crippen LogP contribution in [0, 0.1) is 5.92 Å². The van der Waals surface area contributed by atoms with E-state index >= 15 is 0 Å². The Hall–Kier alpha value is -1.40. The van der Waals surface area contributed by atoms with Crippen LogP contribution in [-0.2, 0) is 21.4 Å². The Morgan fingerprint density at radius 1 is 1.53 bits per heavy atom. The molecule has 0 bridgehead atoms. The molecule has 1 N–H and O–H groups in total. The number of nitrogens with one attached hydrogen (secondary N) is 1. The second-order valence-electron chi connectivity index (χ2n) is 5.27. The summed E-state index contributed by atoms with van der Waals surface area (Å²) >= 11 is 0. The standard InChI is InChI=1S/C13H19N3O3/c1-16-8-9(7-14-16)12-11(5-6-18-12)13(17)15-19-10-3-2-4-10/h7-8,10-12H,2-6H2,1H3,(H,15,17)/t11-,12+/m1/s1. The summed E-state index contributed by atoms with van der Waals surface area (Å²) in [7, 11) is 1.85. The fourth-order valence-corrected chi connectivity index (χ4v) is 2.48. The maximum atomic E-state index is 12.1. The van der Waals surface area contributed by atoms with Crippen LogP contribution in [0.1, 0.15) is 37.4 Å². The Balaban J connectivity index is 1.60. The van der Waals surface area contributed by atoms with Crippen LogP contribution in [0.4, 0.5) is 0 Å². The molecule has 1 saturated heterocycles. The highest BCUT2D eigenvalue weighted by Gasteiger charge is 2.36. The molecule has 2 aliphatic rings. The number of aromatic nitrogens is 2. The van der Waals surface area contributed by atoms with Gasteiger partial charge in [0.15, 0.2) is 0 Å². The first kappa shape index (κ1) is 12.6. The smallest absolute Gasteiger partial charge is 0.249 e. The topological polar surface area (TPSA) is 65.4 Å². The van der Waals surface area contributed by atoms with Crippen molar-refractivity contribution in [3.05, 3.63) is 18.0 Å². The zero-order valence-electron chi connectivity index (χ0n) is 11.0. The predicted molar refractivity (Wildman–Crippen MR) is 66.9 cm³/mol. The first-order chi connectivity index (χ1) is 9.24. The van der Waals surface area contributed by atoms with E-state index in [1.165, 1.54) is 6.42 Å². The summed E-state index contributed by atoms with van der Waals surface area (Å²) < 4.78 is 7.38. The SMILES string of the molecule is Cn1cc([C@@H]2OCC[C@H]2C(=O)NOC2CCC2)cn1. The predicted octanol–water partition coefficient (Wildman–Crippen LogP) is 1.10. The molecule has 104 valence electrons. The number of aryl methyl sites for hydroxylation is 1. The largest absolute Gasteiger partial charge is 0.373 e. The molecule has 3 rings (SSSR count). The normalized spacial score (nSPS) is 27.2. The lowest BCUT2D eigenvalue weighted by Crippen LogP contribution is -2.37. The van der Waals surface area contributed by atoms with Gasteiger partial charge in [-0.3, -0.25) is 14.3 Å². The van der Waals surface area contributed by atoms with Crippen molar-refractivity contribution in [3.8, 4) is 0 Å². The molecule has 2 fully saturated rings. The highest BCUT2D eigenvalue weighted by Crippen LogP contribution is 2.34. The van der Waals surface area contributed by atoms with E-state index in [4.69, 9.17) is 9.57 Å². The van der Waals surface area contributed by atoms with Gasteiger partial charge in [-0.15, -0.1) is 0 Å². The van der Waals surface area contributed by atoms with Gasteiger partial charge < -0.3 is 4.74 Å². The number of hydrogen-bond acceptors (Lipinski definition) is 4. The number of carbonyl (C=O) groups excluding carboxylic acids is 1. The van der Waals surface area contributed by atoms with Gasteiger partial charge in [0.05, 0.1) is 24.3 Å². The average molecular weight is 265 g/mol. The minimum atomic E-state index is -0.210. The number of hydroxylamine groups is 1. The molecule has 1 aromatic rings. The Bertz CT molecular complexity index is 456. The highest BCUT2D eigenvalue weighted by atomic mass is 16.7. The van der Waals surface area contributed by atoms with Crippen molar-refractivity contribution in [3.63, 3.8) is 0 Å². The monoisotopic (exact) mass is 265 g/mol. The third-order valence-corrected chi connectivity index (χ3v) is 3.86. The van der Waals surface area contributed by atoms with E-state index in [0.29, 0.717) is 6.61 Å². The quantitative estimate of drug-likeness (QED) is 0.828. The Labute approximate surface area is 112 Å². The molecule has 0 unspecified atom stereocenters. The van der Waals surface area contributed by atoms with Gasteiger partial charge >= 0.3 is 0 Å². The summed E-state index contributed by atoms with van der Waals surface area (Å²) in [6, 6.07) is 0. The second-order valence-corrected chi connectivity index (χ2v) is 5.27. The van der Waals surface area contributed by atoms with E-state index in [1.807, 2.05) is 13.2 Å². The average Bonchev–Trinajstić information content (AvgIpc) is 2.94. The lowest BCUT2D eigenvalue weighted by molar-refractivity contribution is -0.148. The number of carbonyl (C=O) groups is 1. The van der Waals surface area contributed by atoms with Crippen LogP contribution < -0.4 is 5.48 Å². The fraction of sp³-hybridized carbons (Fsp3) is 0.692. The van der Waals surface area contributed by atoms with Crippen molar-refractivity contribution in [2.45, 2.75) is 37.9 Å². The molecule has 1 saturated carbocycles. The Morgan fingerprint density at radius 3 is 3.00 bits per heavy atom. The van der Waals surface area contributed by atoms with Crippen LogP contribution in [0.15, 0.2) is 12.4 Å². The molecule has 1 aliphatic heterocycles. The zero-order valence-corrected chi connectivity index (χ0v) is 11.0. The van der Waals surface area contributed by atoms with Crippen LogP contribution in [0.2, 0.25) is 0 Å². The van der Waals surface area contributed by atoms with Gasteiger partial charge in [-0.2, -0.15) is 5.10 Å². The van der Waals surface area contributed by atoms with Crippen LogP contribution in [0.25, 0.3) is 0 Å². The van der Waals surface area contributed by atoms with Gasteiger partial charge in [-0.1, -0.05) is 0 Å². The van der Waals surface area contributed by atoms with E-state index in [-0.39, 0.29) is 24.0 Å². The molecule has 6 heteroatoms. The molecule has 2 heterocycles. The van der Waals surface area contributed by atoms with Crippen LogP contribution in [0.3, 0.4) is 0 Å². The van der Waals surface area contributed by atoms with Gasteiger partial charge in [-0.25, -0.2) is 5.48 Å². The summed E-state index contributed by atoms with van der Waals surface area (Å²) in [6.07, 6.45) is 7.61. The van der Waals surface area contributed by atoms with Crippen molar-refractivity contribution in [1.82, 2.24) is 15.3 Å². The molecule has 1 amide bonds. The molecule has 6 nitrogen and oxygen atoms in total. The summed E-state index contributed by atoms with van der Waals surface area (Å²) in [5.74, 6) is -0.275. The number of ether oxygens (including phenoxy) is 1. The molecule has 0 aromatic carbocycles. The van der Waals surface area contributed by atoms with E-state index in [9.17, 15) is 4.79 Å². The van der Waals surface area contributed by atoms with Crippen molar-refractivity contribution >= 4 is 5.91 Å². The molecule has 19 heavy (non-hydrogen) atoms. The van der Waals surface area contributed by atoms with Gasteiger partial charge in [0.25, 0.3) is 0 Å². The van der Waals surface area contributed by atoms with Gasteiger partial charge in [0.2, 0.25) is 5.91 Å². The lowest BCUT2D eigenvalue weighted by Gasteiger charge is -2.26. The summed E-state index contributed by atoms with van der Waals surface area (Å²) in [5, 5.41) is 4.13. The minimum Gasteiger partial charge on any atom is -0.373 e. The molecule has 1 aliphatic carbocycles. The lowest BCUT2D eigenvalue weighted by atomic mass is 9.96. The van der Waals surface area contributed by atoms with Crippen LogP contribution in [-0.4, -0.2) is 28.4 Å². The Kier molecular flexibility index (Phi) is 3.52. The molecule has 1 aromatic heterocycles. The second kappa shape index (κ2) is 5.30. The van der Waals surface area contributed by atoms with Crippen molar-refractivity contribution in [2.24, 2.45) is 13.0 Å². The first-order valence-electron chi connectivity index (χ1n) is 6.79. The zero-order chi connectivity index (χ0) is 13.2. The minimum absolute atomic E-state index is 0.0850. The number of amides is 1. The van der Waals surface area contributed by atoms with Crippen molar-refractivity contribution < 1.29 is 14.4 Å². The highest BCUT2D eigenvalue weighted by molar-refractivity contribution is 5.78. The fourth-order valence-electron chi connectivity index (χ4n) is 2.48. The molecular weight excluding hydrogens is 246 g/mol. The Morgan fingerprint density at radius 2 is 2.37 bits per heavy atom. The third-order valence-electron chi connectivity index (χ3n) is 3.86. The first-order valence-corrected chi connectivity index (χ1v) is 6.79. The number of rotatable bonds is 4. The summed E-state index contributed by atoms with van der Waals surface area (Å²) in [5.41, 5.74) is 3.53. The number of nitrogens with zero attached hydrogens (tertiary/aromatic N) is 2. The van der Waals surface area contributed by atoms with Gasteiger partial charge in [0, 0.05) is 25.4 Å². The van der Waals surface area contributed by atoms with E-state index in [2.05, 4.69) is 10.6 Å². The van der Waals surface area contributed by atoms with E-state index < -0.39 is 0 Å². The van der Waals surface area contributed by atoms with E-state index in [0.717, 1.165) is 24.8 Å². The van der Waals surface area contributed by atoms with Crippen molar-refractivity contribution in [2.75, 3.05) is 6.61 Å². The maximum Gasteiger partial charge on any atom is 0.249 e. The third kappa shape index (κ3) is 2.64. The molecule has 0 radical (unpaired) electrons. The van der Waals surface area contributed by atoms with Crippen LogP contribution >= 0.6 is 0 Å². The summed E-state index contributed by atoms with van der Waals surface area (Å²) in [6.45, 7) is 0.598.